The fraction of sp³-hybridized carbons (Fsp3) is 0. The van der Waals surface area contributed by atoms with Gasteiger partial charge in [0.2, 0.25) is 5.76 Å². The van der Waals surface area contributed by atoms with Gasteiger partial charge in [-0.15, -0.1) is 0 Å². The van der Waals surface area contributed by atoms with Crippen molar-refractivity contribution in [3.8, 4) is 0 Å². The van der Waals surface area contributed by atoms with Crippen molar-refractivity contribution < 1.29 is 19.1 Å². The van der Waals surface area contributed by atoms with Gasteiger partial charge in [0, 0.05) is 22.5 Å². The van der Waals surface area contributed by atoms with Gasteiger partial charge in [-0.2, -0.15) is 0 Å². The number of thiol groups is 1. The van der Waals surface area contributed by atoms with Gasteiger partial charge in [-0.05, 0) is 18.2 Å². The third-order valence-electron chi connectivity index (χ3n) is 2.40. The van der Waals surface area contributed by atoms with Crippen LogP contribution in [-0.2, 0) is 0 Å². The number of benzene rings is 1. The van der Waals surface area contributed by atoms with Crippen LogP contribution in [0, 0.1) is 0 Å². The molecular formula is C12H10ClN3O4S. The molecule has 1 aromatic heterocycles. The van der Waals surface area contributed by atoms with E-state index >= 15 is 0 Å². The maximum Gasteiger partial charge on any atom is 0.371 e. The highest BCUT2D eigenvalue weighted by molar-refractivity contribution is 7.82. The first-order chi connectivity index (χ1) is 9.86. The molecule has 0 bridgehead atoms. The van der Waals surface area contributed by atoms with Gasteiger partial charge in [0.15, 0.2) is 0 Å². The minimum absolute atomic E-state index is 0.170. The Balaban J connectivity index is 2.13. The van der Waals surface area contributed by atoms with E-state index in [4.69, 9.17) is 26.9 Å². The van der Waals surface area contributed by atoms with E-state index in [-0.39, 0.29) is 11.4 Å². The van der Waals surface area contributed by atoms with Crippen LogP contribution in [0.3, 0.4) is 0 Å². The number of anilines is 3. The molecule has 1 aromatic carbocycles. The van der Waals surface area contributed by atoms with Gasteiger partial charge >= 0.3 is 12.0 Å². The van der Waals surface area contributed by atoms with Crippen LogP contribution in [0.25, 0.3) is 0 Å². The van der Waals surface area contributed by atoms with Gasteiger partial charge in [-0.3, -0.25) is 0 Å². The van der Waals surface area contributed by atoms with Crippen molar-refractivity contribution >= 4 is 53.5 Å². The molecular weight excluding hydrogens is 318 g/mol. The third kappa shape index (κ3) is 3.61. The topological polar surface area (TPSA) is 109 Å². The van der Waals surface area contributed by atoms with E-state index in [1.807, 2.05) is 0 Å². The average molecular weight is 328 g/mol. The molecule has 9 heteroatoms. The summed E-state index contributed by atoms with van der Waals surface area (Å²) in [6.45, 7) is 0. The van der Waals surface area contributed by atoms with Crippen molar-refractivity contribution in [2.75, 3.05) is 15.4 Å². The highest BCUT2D eigenvalue weighted by atomic mass is 35.5. The van der Waals surface area contributed by atoms with Gasteiger partial charge in [0.1, 0.15) is 6.26 Å². The monoisotopic (exact) mass is 327 g/mol. The Morgan fingerprint density at radius 3 is 2.62 bits per heavy atom. The zero-order chi connectivity index (χ0) is 15.6. The summed E-state index contributed by atoms with van der Waals surface area (Å²) < 4.78 is 5.67. The number of carbonyl (C=O) groups is 2. The molecule has 0 atom stereocenters. The van der Waals surface area contributed by atoms with E-state index < -0.39 is 12.0 Å². The number of carboxylic acid groups (broad SMARTS) is 1. The molecule has 2 rings (SSSR count). The van der Waals surface area contributed by atoms with Crippen molar-refractivity contribution in [1.82, 2.24) is 0 Å². The molecule has 2 aromatic rings. The maximum absolute atomic E-state index is 12.0. The van der Waals surface area contributed by atoms with Crippen molar-refractivity contribution in [2.45, 2.75) is 0 Å². The molecule has 0 spiro atoms. The molecule has 4 N–H and O–H groups in total. The predicted molar refractivity (Wildman–Crippen MR) is 82.0 cm³/mol. The number of hydrogen-bond donors (Lipinski definition) is 4. The SMILES string of the molecule is Nc1cc(Cl)cc(NC(=O)N(S)c2coc(C(=O)O)c2)c1. The normalized spacial score (nSPS) is 10.2. The first kappa shape index (κ1) is 15.1. The van der Waals surface area contributed by atoms with Crippen LogP contribution in [0.4, 0.5) is 21.9 Å². The number of nitrogens with zero attached hydrogens (tertiary/aromatic N) is 1. The number of hydrogen-bond acceptors (Lipinski definition) is 5. The lowest BCUT2D eigenvalue weighted by molar-refractivity contribution is 0.0662. The quantitative estimate of drug-likeness (QED) is 0.511. The molecule has 1 heterocycles. The lowest BCUT2D eigenvalue weighted by atomic mass is 10.3. The summed E-state index contributed by atoms with van der Waals surface area (Å²) in [5.74, 6) is -1.55. The van der Waals surface area contributed by atoms with Gasteiger partial charge in [-0.1, -0.05) is 24.4 Å². The van der Waals surface area contributed by atoms with E-state index in [2.05, 4.69) is 18.1 Å². The molecule has 0 saturated carbocycles. The van der Waals surface area contributed by atoms with E-state index in [1.54, 1.807) is 0 Å². The van der Waals surface area contributed by atoms with Crippen LogP contribution < -0.4 is 15.4 Å². The van der Waals surface area contributed by atoms with Crippen LogP contribution in [0.5, 0.6) is 0 Å². The van der Waals surface area contributed by atoms with Gasteiger partial charge in [-0.25, -0.2) is 13.9 Å². The molecule has 0 aliphatic heterocycles. The summed E-state index contributed by atoms with van der Waals surface area (Å²) in [5, 5.41) is 11.6. The molecule has 0 fully saturated rings. The number of furan rings is 1. The summed E-state index contributed by atoms with van der Waals surface area (Å²) in [7, 11) is 0. The Bertz CT molecular complexity index is 683. The number of rotatable bonds is 3. The average Bonchev–Trinajstić information content (AvgIpc) is 2.86. The molecule has 2 amide bonds. The number of aromatic carboxylic acids is 1. The molecule has 21 heavy (non-hydrogen) atoms. The second-order valence-corrected chi connectivity index (χ2v) is 4.83. The summed E-state index contributed by atoms with van der Waals surface area (Å²) in [6, 6.07) is 5.10. The highest BCUT2D eigenvalue weighted by Gasteiger charge is 2.17. The standard InChI is InChI=1S/C12H10ClN3O4S/c13-6-1-7(14)3-8(2-6)15-12(19)16(21)9-4-10(11(17)18)20-5-9/h1-5,21H,14H2,(H,15,19)(H,17,18). The zero-order valence-corrected chi connectivity index (χ0v) is 12.1. The van der Waals surface area contributed by atoms with Crippen molar-refractivity contribution in [1.29, 1.82) is 0 Å². The number of carbonyl (C=O) groups excluding carboxylic acids is 1. The minimum Gasteiger partial charge on any atom is -0.475 e. The van der Waals surface area contributed by atoms with Crippen LogP contribution in [0.1, 0.15) is 10.6 Å². The van der Waals surface area contributed by atoms with Crippen LogP contribution in [-0.4, -0.2) is 17.1 Å². The fourth-order valence-electron chi connectivity index (χ4n) is 1.53. The Morgan fingerprint density at radius 2 is 2.05 bits per heavy atom. The van der Waals surface area contributed by atoms with E-state index in [1.165, 1.54) is 24.3 Å². The minimum atomic E-state index is -1.24. The first-order valence-electron chi connectivity index (χ1n) is 5.54. The zero-order valence-electron chi connectivity index (χ0n) is 10.4. The molecule has 0 radical (unpaired) electrons. The summed E-state index contributed by atoms with van der Waals surface area (Å²) in [4.78, 5) is 22.7. The smallest absolute Gasteiger partial charge is 0.371 e. The highest BCUT2D eigenvalue weighted by Crippen LogP contribution is 2.24. The van der Waals surface area contributed by atoms with Crippen LogP contribution in [0.2, 0.25) is 5.02 Å². The molecule has 0 aliphatic carbocycles. The van der Waals surface area contributed by atoms with E-state index in [0.29, 0.717) is 16.4 Å². The maximum atomic E-state index is 12.0. The summed E-state index contributed by atoms with van der Waals surface area (Å²) >= 11 is 9.81. The van der Waals surface area contributed by atoms with Crippen molar-refractivity contribution in [3.05, 3.63) is 41.3 Å². The van der Waals surface area contributed by atoms with Crippen molar-refractivity contribution in [2.24, 2.45) is 0 Å². The molecule has 110 valence electrons. The van der Waals surface area contributed by atoms with Crippen LogP contribution >= 0.6 is 24.4 Å². The Labute approximate surface area is 129 Å². The van der Waals surface area contributed by atoms with Gasteiger partial charge in [0.05, 0.1) is 5.69 Å². The molecule has 0 saturated heterocycles. The third-order valence-corrected chi connectivity index (χ3v) is 3.04. The Kier molecular flexibility index (Phi) is 4.29. The number of nitrogens with two attached hydrogens (primary N) is 1. The second-order valence-electron chi connectivity index (χ2n) is 3.99. The number of urea groups is 1. The van der Waals surface area contributed by atoms with Gasteiger partial charge in [0.25, 0.3) is 0 Å². The number of carboxylic acids is 1. The summed E-state index contributed by atoms with van der Waals surface area (Å²) in [6.07, 6.45) is 1.10. The van der Waals surface area contributed by atoms with E-state index in [9.17, 15) is 9.59 Å². The Morgan fingerprint density at radius 1 is 1.33 bits per heavy atom. The number of nitrogens with one attached hydrogen (secondary N) is 1. The number of halogens is 1. The lowest BCUT2D eigenvalue weighted by Gasteiger charge is -2.14. The molecule has 7 nitrogen and oxygen atoms in total. The Hall–Kier alpha value is -2.32. The second kappa shape index (κ2) is 5.98. The first-order valence-corrected chi connectivity index (χ1v) is 6.32. The molecule has 0 aliphatic rings. The number of nitrogen functional groups attached to an aromatic ring is 1. The number of amides is 2. The molecule has 0 unspecified atom stereocenters. The predicted octanol–water partition coefficient (Wildman–Crippen LogP) is 3.10. The lowest BCUT2D eigenvalue weighted by Crippen LogP contribution is -2.26. The largest absolute Gasteiger partial charge is 0.475 e. The summed E-state index contributed by atoms with van der Waals surface area (Å²) in [5.41, 5.74) is 6.55. The van der Waals surface area contributed by atoms with E-state index in [0.717, 1.165) is 10.6 Å². The van der Waals surface area contributed by atoms with Crippen LogP contribution in [0.15, 0.2) is 34.9 Å². The van der Waals surface area contributed by atoms with Crippen molar-refractivity contribution in [3.63, 3.8) is 0 Å². The fourth-order valence-corrected chi connectivity index (χ4v) is 1.93. The van der Waals surface area contributed by atoms with Gasteiger partial charge < -0.3 is 20.6 Å².